The van der Waals surface area contributed by atoms with Gasteiger partial charge < -0.3 is 0 Å². The fourth-order valence-corrected chi connectivity index (χ4v) is 5.24. The average molecular weight is 421 g/mol. The van der Waals surface area contributed by atoms with E-state index in [0.29, 0.717) is 0 Å². The Hall–Kier alpha value is -3.13. The number of benzene rings is 3. The van der Waals surface area contributed by atoms with E-state index in [2.05, 4.69) is 107 Å². The van der Waals surface area contributed by atoms with E-state index >= 15 is 0 Å². The van der Waals surface area contributed by atoms with Crippen molar-refractivity contribution in [3.8, 4) is 11.3 Å². The predicted octanol–water partition coefficient (Wildman–Crippen LogP) is 8.13. The van der Waals surface area contributed by atoms with Gasteiger partial charge in [-0.25, -0.2) is 4.98 Å². The second-order valence-corrected chi connectivity index (χ2v) is 10.6. The Bertz CT molecular complexity index is 1490. The van der Waals surface area contributed by atoms with Gasteiger partial charge in [-0.1, -0.05) is 63.2 Å². The Morgan fingerprint density at radius 3 is 2.06 bits per heavy atom. The summed E-state index contributed by atoms with van der Waals surface area (Å²) in [5.41, 5.74) is 11.5. The highest BCUT2D eigenvalue weighted by molar-refractivity contribution is 6.13. The van der Waals surface area contributed by atoms with Crippen molar-refractivity contribution in [1.29, 1.82) is 0 Å². The van der Waals surface area contributed by atoms with Crippen molar-refractivity contribution in [3.63, 3.8) is 0 Å². The second-order valence-electron chi connectivity index (χ2n) is 10.6. The van der Waals surface area contributed by atoms with E-state index in [4.69, 9.17) is 4.98 Å². The summed E-state index contributed by atoms with van der Waals surface area (Å²) < 4.78 is 2.41. The summed E-state index contributed by atoms with van der Waals surface area (Å²) >= 11 is 0. The molecule has 2 heteroatoms. The molecule has 0 saturated heterocycles. The molecule has 2 aromatic heterocycles. The number of hydrogen-bond acceptors (Lipinski definition) is 1. The smallest absolute Gasteiger partial charge is 0.145 e. The molecule has 162 valence electrons. The first-order chi connectivity index (χ1) is 15.2. The summed E-state index contributed by atoms with van der Waals surface area (Å²) in [6.45, 7) is 15.8. The van der Waals surface area contributed by atoms with E-state index in [1.807, 2.05) is 0 Å². The maximum absolute atomic E-state index is 5.12. The summed E-state index contributed by atoms with van der Waals surface area (Å²) in [5.74, 6) is 0. The largest absolute Gasteiger partial charge is 0.291 e. The van der Waals surface area contributed by atoms with Crippen molar-refractivity contribution >= 4 is 27.3 Å². The monoisotopic (exact) mass is 420 g/mol. The maximum Gasteiger partial charge on any atom is 0.145 e. The number of hydrogen-bond donors (Lipinski definition) is 0. The van der Waals surface area contributed by atoms with Gasteiger partial charge >= 0.3 is 0 Å². The summed E-state index contributed by atoms with van der Waals surface area (Å²) in [5, 5.41) is 3.80. The Labute approximate surface area is 190 Å². The van der Waals surface area contributed by atoms with Gasteiger partial charge in [-0.05, 0) is 79.3 Å². The number of fused-ring (bicyclic) bond motifs is 6. The van der Waals surface area contributed by atoms with E-state index in [9.17, 15) is 0 Å². The third-order valence-electron chi connectivity index (χ3n) is 6.64. The Morgan fingerprint density at radius 1 is 0.750 bits per heavy atom. The molecule has 2 heterocycles. The van der Waals surface area contributed by atoms with Gasteiger partial charge in [0.1, 0.15) is 5.65 Å². The number of aryl methyl sites for hydroxylation is 4. The third kappa shape index (κ3) is 3.21. The van der Waals surface area contributed by atoms with E-state index in [1.165, 1.54) is 55.2 Å². The van der Waals surface area contributed by atoms with Gasteiger partial charge in [0, 0.05) is 16.3 Å². The Morgan fingerprint density at radius 2 is 1.41 bits per heavy atom. The first-order valence-electron chi connectivity index (χ1n) is 11.6. The van der Waals surface area contributed by atoms with E-state index in [1.54, 1.807) is 0 Å². The molecule has 32 heavy (non-hydrogen) atoms. The SMILES string of the molecule is Cc1cc2c(cc1CC(C)(C)C)c1ccccc1c1nc(C)c(-c3c(C)cccc3C)n21. The lowest BCUT2D eigenvalue weighted by Crippen LogP contribution is -2.10. The van der Waals surface area contributed by atoms with Gasteiger partial charge in [0.25, 0.3) is 0 Å². The van der Waals surface area contributed by atoms with Crippen LogP contribution >= 0.6 is 0 Å². The van der Waals surface area contributed by atoms with Crippen LogP contribution in [0.4, 0.5) is 0 Å². The van der Waals surface area contributed by atoms with Crippen LogP contribution in [0.1, 0.15) is 48.7 Å². The molecule has 0 aliphatic carbocycles. The van der Waals surface area contributed by atoms with Crippen molar-refractivity contribution in [3.05, 3.63) is 82.5 Å². The topological polar surface area (TPSA) is 17.3 Å². The Balaban J connectivity index is 2.00. The summed E-state index contributed by atoms with van der Waals surface area (Å²) in [6.07, 6.45) is 1.06. The molecule has 0 aliphatic rings. The van der Waals surface area contributed by atoms with Gasteiger partial charge in [-0.3, -0.25) is 4.40 Å². The van der Waals surface area contributed by atoms with Crippen molar-refractivity contribution in [2.45, 2.75) is 54.9 Å². The number of aromatic nitrogens is 2. The minimum absolute atomic E-state index is 0.243. The van der Waals surface area contributed by atoms with Crippen LogP contribution in [0.5, 0.6) is 0 Å². The zero-order chi connectivity index (χ0) is 22.8. The van der Waals surface area contributed by atoms with Gasteiger partial charge in [-0.15, -0.1) is 0 Å². The molecule has 0 radical (unpaired) electrons. The molecule has 0 bridgehead atoms. The standard InChI is InChI=1S/C30H32N2/c1-18-11-10-12-19(2)27(18)28-21(4)31-29-24-14-9-8-13-23(24)25-16-22(17-30(5,6)7)20(3)15-26(25)32(28)29/h8-16H,17H2,1-7H3. The van der Waals surface area contributed by atoms with E-state index < -0.39 is 0 Å². The molecule has 0 spiro atoms. The minimum Gasteiger partial charge on any atom is -0.291 e. The molecule has 3 aromatic carbocycles. The first-order valence-corrected chi connectivity index (χ1v) is 11.6. The molecule has 0 fully saturated rings. The summed E-state index contributed by atoms with van der Waals surface area (Å²) in [7, 11) is 0. The average Bonchev–Trinajstić information content (AvgIpc) is 3.05. The lowest BCUT2D eigenvalue weighted by Gasteiger charge is -2.21. The van der Waals surface area contributed by atoms with Crippen LogP contribution in [0, 0.1) is 33.1 Å². The molecular formula is C30H32N2. The number of pyridine rings is 1. The van der Waals surface area contributed by atoms with Gasteiger partial charge in [0.05, 0.1) is 16.9 Å². The molecule has 0 saturated carbocycles. The summed E-state index contributed by atoms with van der Waals surface area (Å²) in [4.78, 5) is 5.12. The van der Waals surface area contributed by atoms with Crippen molar-refractivity contribution in [2.75, 3.05) is 0 Å². The van der Waals surface area contributed by atoms with E-state index in [0.717, 1.165) is 17.8 Å². The highest BCUT2D eigenvalue weighted by Crippen LogP contribution is 2.38. The molecule has 0 aliphatic heterocycles. The Kier molecular flexibility index (Phi) is 4.67. The van der Waals surface area contributed by atoms with Crippen LogP contribution in [-0.4, -0.2) is 9.38 Å². The van der Waals surface area contributed by atoms with Crippen molar-refractivity contribution in [2.24, 2.45) is 5.41 Å². The number of imidazole rings is 1. The first kappa shape index (κ1) is 20.8. The van der Waals surface area contributed by atoms with E-state index in [-0.39, 0.29) is 5.41 Å². The van der Waals surface area contributed by atoms with Crippen LogP contribution in [0.3, 0.4) is 0 Å². The quantitative estimate of drug-likeness (QED) is 0.263. The highest BCUT2D eigenvalue weighted by Gasteiger charge is 2.21. The number of rotatable bonds is 2. The van der Waals surface area contributed by atoms with Gasteiger partial charge in [-0.2, -0.15) is 0 Å². The van der Waals surface area contributed by atoms with Crippen LogP contribution in [0.25, 0.3) is 38.6 Å². The lowest BCUT2D eigenvalue weighted by atomic mass is 9.85. The normalized spacial score (nSPS) is 12.3. The van der Waals surface area contributed by atoms with Crippen molar-refractivity contribution in [1.82, 2.24) is 9.38 Å². The third-order valence-corrected chi connectivity index (χ3v) is 6.64. The van der Waals surface area contributed by atoms with Crippen LogP contribution < -0.4 is 0 Å². The van der Waals surface area contributed by atoms with Gasteiger partial charge in [0.2, 0.25) is 0 Å². The minimum atomic E-state index is 0.243. The zero-order valence-electron chi connectivity index (χ0n) is 20.3. The molecule has 0 amide bonds. The van der Waals surface area contributed by atoms with Crippen molar-refractivity contribution < 1.29 is 0 Å². The lowest BCUT2D eigenvalue weighted by molar-refractivity contribution is 0.410. The molecular weight excluding hydrogens is 388 g/mol. The fourth-order valence-electron chi connectivity index (χ4n) is 5.24. The van der Waals surface area contributed by atoms with Gasteiger partial charge in [0.15, 0.2) is 0 Å². The number of nitrogens with zero attached hydrogens (tertiary/aromatic N) is 2. The predicted molar refractivity (Wildman–Crippen MR) is 138 cm³/mol. The van der Waals surface area contributed by atoms with Crippen LogP contribution in [-0.2, 0) is 6.42 Å². The maximum atomic E-state index is 5.12. The zero-order valence-corrected chi connectivity index (χ0v) is 20.3. The molecule has 2 nitrogen and oxygen atoms in total. The molecule has 5 aromatic rings. The molecule has 0 atom stereocenters. The molecule has 0 N–H and O–H groups in total. The fraction of sp³-hybridized carbons (Fsp3) is 0.300. The summed E-state index contributed by atoms with van der Waals surface area (Å²) in [6, 6.07) is 20.1. The second kappa shape index (κ2) is 7.20. The molecule has 5 rings (SSSR count). The van der Waals surface area contributed by atoms with Crippen LogP contribution in [0.2, 0.25) is 0 Å². The molecule has 0 unspecified atom stereocenters. The highest BCUT2D eigenvalue weighted by atomic mass is 15.0. The van der Waals surface area contributed by atoms with Crippen LogP contribution in [0.15, 0.2) is 54.6 Å².